The largest absolute Gasteiger partial charge is 0.494 e. The van der Waals surface area contributed by atoms with Gasteiger partial charge < -0.3 is 9.15 Å². The molecule has 0 unspecified atom stereocenters. The standard InChI is InChI=1S/C23H20N4O4S/c1-2-30-17-11-9-16(10-12-17)27-22(29)19-7-3-4-8-20(19)25-23(27)32-15-21(28)26-24-14-18-6-5-13-31-18/h3-14H,2,15H2,1H3,(H,26,28). The third-order valence-corrected chi connectivity index (χ3v) is 5.35. The third kappa shape index (κ3) is 4.89. The van der Waals surface area contributed by atoms with Crippen molar-refractivity contribution in [3.8, 4) is 11.4 Å². The van der Waals surface area contributed by atoms with E-state index in [9.17, 15) is 9.59 Å². The number of nitrogens with one attached hydrogen (secondary N) is 1. The molecule has 0 radical (unpaired) electrons. The van der Waals surface area contributed by atoms with Gasteiger partial charge in [0.1, 0.15) is 11.5 Å². The predicted octanol–water partition coefficient (Wildman–Crippen LogP) is 3.62. The Bertz CT molecular complexity index is 1300. The number of rotatable bonds is 8. The van der Waals surface area contributed by atoms with Gasteiger partial charge in [-0.1, -0.05) is 23.9 Å². The van der Waals surface area contributed by atoms with Crippen LogP contribution < -0.4 is 15.7 Å². The zero-order valence-corrected chi connectivity index (χ0v) is 18.0. The molecular weight excluding hydrogens is 428 g/mol. The lowest BCUT2D eigenvalue weighted by Crippen LogP contribution is -2.24. The van der Waals surface area contributed by atoms with Crippen molar-refractivity contribution in [3.05, 3.63) is 83.0 Å². The molecule has 0 aliphatic heterocycles. The predicted molar refractivity (Wildman–Crippen MR) is 124 cm³/mol. The molecule has 8 nitrogen and oxygen atoms in total. The van der Waals surface area contributed by atoms with Crippen LogP contribution in [0.25, 0.3) is 16.6 Å². The second-order valence-corrected chi connectivity index (χ2v) is 7.52. The molecule has 0 atom stereocenters. The number of carbonyl (C=O) groups excluding carboxylic acids is 1. The Morgan fingerprint density at radius 3 is 2.75 bits per heavy atom. The van der Waals surface area contributed by atoms with Crippen LogP contribution in [0.2, 0.25) is 0 Å². The van der Waals surface area contributed by atoms with E-state index in [0.29, 0.717) is 39.9 Å². The quantitative estimate of drug-likeness (QED) is 0.191. The maximum absolute atomic E-state index is 13.3. The molecule has 0 saturated heterocycles. The minimum atomic E-state index is -0.335. The lowest BCUT2D eigenvalue weighted by Gasteiger charge is -2.13. The molecule has 4 rings (SSSR count). The normalized spacial score (nSPS) is 11.2. The highest BCUT2D eigenvalue weighted by molar-refractivity contribution is 7.99. The number of ether oxygens (including phenoxy) is 1. The average Bonchev–Trinajstić information content (AvgIpc) is 3.32. The van der Waals surface area contributed by atoms with E-state index in [2.05, 4.69) is 15.5 Å². The number of fused-ring (bicyclic) bond motifs is 1. The number of hydrogen-bond acceptors (Lipinski definition) is 7. The molecule has 0 spiro atoms. The van der Waals surface area contributed by atoms with E-state index in [-0.39, 0.29) is 17.2 Å². The fourth-order valence-corrected chi connectivity index (χ4v) is 3.80. The van der Waals surface area contributed by atoms with E-state index in [1.54, 1.807) is 54.6 Å². The maximum atomic E-state index is 13.3. The first-order valence-corrected chi connectivity index (χ1v) is 10.9. The summed E-state index contributed by atoms with van der Waals surface area (Å²) in [6.07, 6.45) is 2.93. The van der Waals surface area contributed by atoms with Crippen LogP contribution in [0, 0.1) is 0 Å². The Morgan fingerprint density at radius 1 is 1.19 bits per heavy atom. The molecule has 0 aliphatic rings. The Labute approximate surface area is 187 Å². The van der Waals surface area contributed by atoms with Crippen LogP contribution in [0.3, 0.4) is 0 Å². The number of aromatic nitrogens is 2. The van der Waals surface area contributed by atoms with E-state index in [4.69, 9.17) is 9.15 Å². The molecule has 0 bridgehead atoms. The van der Waals surface area contributed by atoms with Gasteiger partial charge in [0.05, 0.1) is 41.4 Å². The van der Waals surface area contributed by atoms with E-state index >= 15 is 0 Å². The summed E-state index contributed by atoms with van der Waals surface area (Å²) < 4.78 is 12.1. The molecule has 2 aromatic heterocycles. The molecule has 1 amide bonds. The summed E-state index contributed by atoms with van der Waals surface area (Å²) in [7, 11) is 0. The lowest BCUT2D eigenvalue weighted by atomic mass is 10.2. The van der Waals surface area contributed by atoms with Crippen LogP contribution in [0.5, 0.6) is 5.75 Å². The molecule has 162 valence electrons. The molecule has 32 heavy (non-hydrogen) atoms. The molecule has 2 aromatic carbocycles. The number of nitrogens with zero attached hydrogens (tertiary/aromatic N) is 3. The van der Waals surface area contributed by atoms with Crippen molar-refractivity contribution in [1.29, 1.82) is 0 Å². The Hall–Kier alpha value is -3.85. The highest BCUT2D eigenvalue weighted by atomic mass is 32.2. The smallest absolute Gasteiger partial charge is 0.266 e. The van der Waals surface area contributed by atoms with Gasteiger partial charge in [0.25, 0.3) is 11.5 Å². The zero-order valence-electron chi connectivity index (χ0n) is 17.2. The van der Waals surface area contributed by atoms with Crippen LogP contribution in [0.1, 0.15) is 12.7 Å². The molecule has 9 heteroatoms. The summed E-state index contributed by atoms with van der Waals surface area (Å²) in [4.78, 5) is 30.1. The second-order valence-electron chi connectivity index (χ2n) is 6.58. The first-order chi connectivity index (χ1) is 15.7. The minimum absolute atomic E-state index is 0.0251. The molecule has 1 N–H and O–H groups in total. The van der Waals surface area contributed by atoms with Gasteiger partial charge in [-0.15, -0.1) is 0 Å². The average molecular weight is 449 g/mol. The van der Waals surface area contributed by atoms with Crippen molar-refractivity contribution in [2.75, 3.05) is 12.4 Å². The minimum Gasteiger partial charge on any atom is -0.494 e. The first kappa shape index (κ1) is 21.4. The van der Waals surface area contributed by atoms with E-state index < -0.39 is 0 Å². The number of hydrogen-bond donors (Lipinski definition) is 1. The van der Waals surface area contributed by atoms with Crippen LogP contribution in [-0.2, 0) is 4.79 Å². The monoisotopic (exact) mass is 448 g/mol. The van der Waals surface area contributed by atoms with Gasteiger partial charge in [0.15, 0.2) is 5.16 Å². The lowest BCUT2D eigenvalue weighted by molar-refractivity contribution is -0.118. The van der Waals surface area contributed by atoms with Crippen molar-refractivity contribution in [3.63, 3.8) is 0 Å². The van der Waals surface area contributed by atoms with Crippen LogP contribution in [-0.4, -0.2) is 34.0 Å². The molecule has 0 aliphatic carbocycles. The first-order valence-electron chi connectivity index (χ1n) is 9.89. The van der Waals surface area contributed by atoms with Crippen molar-refractivity contribution in [1.82, 2.24) is 15.0 Å². The van der Waals surface area contributed by atoms with Crippen LogP contribution >= 0.6 is 11.8 Å². The highest BCUT2D eigenvalue weighted by Crippen LogP contribution is 2.22. The van der Waals surface area contributed by atoms with Gasteiger partial charge in [0, 0.05) is 0 Å². The van der Waals surface area contributed by atoms with Crippen molar-refractivity contribution in [2.45, 2.75) is 12.1 Å². The number of amides is 1. The number of hydrazone groups is 1. The topological polar surface area (TPSA) is 98.7 Å². The SMILES string of the molecule is CCOc1ccc(-n2c(SCC(=O)NN=Cc3ccco3)nc3ccccc3c2=O)cc1. The van der Waals surface area contributed by atoms with E-state index in [1.165, 1.54) is 17.0 Å². The molecule has 0 fully saturated rings. The van der Waals surface area contributed by atoms with Crippen molar-refractivity contribution >= 4 is 34.8 Å². The summed E-state index contributed by atoms with van der Waals surface area (Å²) in [6, 6.07) is 17.8. The summed E-state index contributed by atoms with van der Waals surface area (Å²) in [5.74, 6) is 0.926. The summed E-state index contributed by atoms with van der Waals surface area (Å²) in [5, 5.41) is 4.77. The fourth-order valence-electron chi connectivity index (χ4n) is 2.99. The summed E-state index contributed by atoms with van der Waals surface area (Å²) in [5.41, 5.74) is 3.43. The summed E-state index contributed by atoms with van der Waals surface area (Å²) >= 11 is 1.15. The fraction of sp³-hybridized carbons (Fsp3) is 0.130. The molecule has 4 aromatic rings. The van der Waals surface area contributed by atoms with E-state index in [0.717, 1.165) is 11.8 Å². The van der Waals surface area contributed by atoms with Gasteiger partial charge in [-0.05, 0) is 55.5 Å². The van der Waals surface area contributed by atoms with Crippen LogP contribution in [0.15, 0.2) is 86.4 Å². The highest BCUT2D eigenvalue weighted by Gasteiger charge is 2.15. The Morgan fingerprint density at radius 2 is 2.00 bits per heavy atom. The number of benzene rings is 2. The Balaban J connectivity index is 1.60. The van der Waals surface area contributed by atoms with Crippen molar-refractivity contribution < 1.29 is 13.9 Å². The van der Waals surface area contributed by atoms with Crippen LogP contribution in [0.4, 0.5) is 0 Å². The number of carbonyl (C=O) groups is 1. The zero-order chi connectivity index (χ0) is 22.3. The maximum Gasteiger partial charge on any atom is 0.266 e. The Kier molecular flexibility index (Phi) is 6.66. The van der Waals surface area contributed by atoms with Gasteiger partial charge in [-0.25, -0.2) is 10.4 Å². The number of para-hydroxylation sites is 1. The van der Waals surface area contributed by atoms with Crippen molar-refractivity contribution in [2.24, 2.45) is 5.10 Å². The molecular formula is C23H20N4O4S. The third-order valence-electron chi connectivity index (χ3n) is 4.41. The van der Waals surface area contributed by atoms with Gasteiger partial charge in [-0.3, -0.25) is 14.2 Å². The molecule has 2 heterocycles. The summed E-state index contributed by atoms with van der Waals surface area (Å²) in [6.45, 7) is 2.46. The second kappa shape index (κ2) is 9.97. The number of furan rings is 1. The number of thioether (sulfide) groups is 1. The molecule has 0 saturated carbocycles. The van der Waals surface area contributed by atoms with Gasteiger partial charge in [-0.2, -0.15) is 5.10 Å². The van der Waals surface area contributed by atoms with Gasteiger partial charge in [0.2, 0.25) is 0 Å². The van der Waals surface area contributed by atoms with E-state index in [1.807, 2.05) is 13.0 Å². The van der Waals surface area contributed by atoms with Gasteiger partial charge >= 0.3 is 0 Å².